The third-order valence-electron chi connectivity index (χ3n) is 5.61. The third kappa shape index (κ3) is 3.45. The fourth-order valence-electron chi connectivity index (χ4n) is 3.95. The number of benzene rings is 2. The van der Waals surface area contributed by atoms with E-state index in [2.05, 4.69) is 11.6 Å². The molecule has 3 aromatic rings. The quantitative estimate of drug-likeness (QED) is 0.537. The molecule has 1 aliphatic heterocycles. The Morgan fingerprint density at radius 3 is 2.68 bits per heavy atom. The molecule has 0 unspecified atom stereocenters. The Balaban J connectivity index is 1.64. The van der Waals surface area contributed by atoms with Gasteiger partial charge in [-0.05, 0) is 55.5 Å². The maximum Gasteiger partial charge on any atom is 0.256 e. The molecule has 0 bridgehead atoms. The van der Waals surface area contributed by atoms with Crippen LogP contribution in [0.3, 0.4) is 0 Å². The molecule has 1 N–H and O–H groups in total. The van der Waals surface area contributed by atoms with E-state index in [9.17, 15) is 9.18 Å². The number of nitrogens with zero attached hydrogens (tertiary/aromatic N) is 1. The summed E-state index contributed by atoms with van der Waals surface area (Å²) in [7, 11) is 0. The van der Waals surface area contributed by atoms with Crippen molar-refractivity contribution in [2.45, 2.75) is 19.8 Å². The van der Waals surface area contributed by atoms with E-state index in [1.165, 1.54) is 6.07 Å². The Bertz CT molecular complexity index is 1060. The number of halogens is 2. The summed E-state index contributed by atoms with van der Waals surface area (Å²) in [6.07, 6.45) is 3.58. The number of carbonyl (C=O) groups is 1. The first-order chi connectivity index (χ1) is 13.4. The van der Waals surface area contributed by atoms with E-state index < -0.39 is 5.82 Å². The van der Waals surface area contributed by atoms with Crippen molar-refractivity contribution in [2.24, 2.45) is 5.92 Å². The molecule has 2 aromatic carbocycles. The topological polar surface area (TPSA) is 36.1 Å². The minimum Gasteiger partial charge on any atom is -0.361 e. The highest BCUT2D eigenvalue weighted by Gasteiger charge is 2.26. The molecule has 1 amide bonds. The van der Waals surface area contributed by atoms with Crippen molar-refractivity contribution in [3.8, 4) is 11.1 Å². The summed E-state index contributed by atoms with van der Waals surface area (Å²) in [5.74, 6) is -0.305. The van der Waals surface area contributed by atoms with Gasteiger partial charge < -0.3 is 9.88 Å². The predicted octanol–water partition coefficient (Wildman–Crippen LogP) is 6.06. The molecule has 0 saturated carbocycles. The lowest BCUT2D eigenvalue weighted by atomic mass is 9.90. The second-order valence-corrected chi connectivity index (χ2v) is 7.94. The van der Waals surface area contributed by atoms with Gasteiger partial charge >= 0.3 is 0 Å². The number of hydrogen-bond donors (Lipinski definition) is 1. The molecular weight excluding hydrogens is 375 g/mol. The van der Waals surface area contributed by atoms with Crippen LogP contribution in [0.5, 0.6) is 0 Å². The summed E-state index contributed by atoms with van der Waals surface area (Å²) >= 11 is 6.09. The Labute approximate surface area is 168 Å². The van der Waals surface area contributed by atoms with Gasteiger partial charge in [0.15, 0.2) is 0 Å². The van der Waals surface area contributed by atoms with Crippen molar-refractivity contribution in [2.75, 3.05) is 13.1 Å². The average molecular weight is 397 g/mol. The van der Waals surface area contributed by atoms with E-state index in [4.69, 9.17) is 11.6 Å². The second kappa shape index (κ2) is 7.44. The number of allylic oxidation sites excluding steroid dienone is 1. The van der Waals surface area contributed by atoms with Crippen LogP contribution in [0.1, 0.15) is 30.1 Å². The van der Waals surface area contributed by atoms with Gasteiger partial charge in [-0.2, -0.15) is 0 Å². The number of likely N-dealkylation sites (tertiary alicyclic amines) is 1. The largest absolute Gasteiger partial charge is 0.361 e. The number of aromatic nitrogens is 1. The highest BCUT2D eigenvalue weighted by molar-refractivity contribution is 6.30. The number of aromatic amines is 1. The summed E-state index contributed by atoms with van der Waals surface area (Å²) in [5, 5.41) is 1.36. The molecule has 1 saturated heterocycles. The molecule has 1 aromatic heterocycles. The Hall–Kier alpha value is -2.59. The molecule has 3 nitrogen and oxygen atoms in total. The number of rotatable bonds is 3. The van der Waals surface area contributed by atoms with Crippen LogP contribution in [0.25, 0.3) is 22.0 Å². The van der Waals surface area contributed by atoms with Gasteiger partial charge in [-0.1, -0.05) is 35.9 Å². The molecular formula is C23H22ClFN2O. The molecule has 0 radical (unpaired) electrons. The van der Waals surface area contributed by atoms with E-state index in [0.717, 1.165) is 40.4 Å². The number of nitrogens with one attached hydrogen (secondary N) is 1. The fraction of sp³-hybridized carbons (Fsp3) is 0.261. The van der Waals surface area contributed by atoms with E-state index in [1.807, 2.05) is 31.3 Å². The Kier molecular flexibility index (Phi) is 4.98. The minimum atomic E-state index is -0.498. The lowest BCUT2D eigenvalue weighted by molar-refractivity contribution is 0.0697. The van der Waals surface area contributed by atoms with Crippen molar-refractivity contribution in [1.29, 1.82) is 0 Å². The number of hydrogen-bond acceptors (Lipinski definition) is 1. The highest BCUT2D eigenvalue weighted by Crippen LogP contribution is 2.32. The van der Waals surface area contributed by atoms with Crippen LogP contribution < -0.4 is 0 Å². The zero-order chi connectivity index (χ0) is 19.8. The van der Waals surface area contributed by atoms with E-state index in [1.54, 1.807) is 17.0 Å². The second-order valence-electron chi connectivity index (χ2n) is 7.50. The maximum absolute atomic E-state index is 14.9. The van der Waals surface area contributed by atoms with Crippen LogP contribution in [0.4, 0.5) is 4.39 Å². The third-order valence-corrected chi connectivity index (χ3v) is 5.85. The molecule has 4 rings (SSSR count). The summed E-state index contributed by atoms with van der Waals surface area (Å²) in [6, 6.07) is 10.5. The lowest BCUT2D eigenvalue weighted by Gasteiger charge is -2.32. The zero-order valence-electron chi connectivity index (χ0n) is 15.8. The molecule has 28 heavy (non-hydrogen) atoms. The molecule has 0 spiro atoms. The monoisotopic (exact) mass is 396 g/mol. The van der Waals surface area contributed by atoms with Crippen molar-refractivity contribution >= 4 is 28.4 Å². The summed E-state index contributed by atoms with van der Waals surface area (Å²) in [4.78, 5) is 17.8. The van der Waals surface area contributed by atoms with Crippen LogP contribution in [-0.2, 0) is 0 Å². The number of piperidine rings is 1. The molecule has 144 valence electrons. The number of amides is 1. The van der Waals surface area contributed by atoms with Gasteiger partial charge in [-0.25, -0.2) is 4.39 Å². The van der Waals surface area contributed by atoms with E-state index in [0.29, 0.717) is 24.0 Å². The van der Waals surface area contributed by atoms with Gasteiger partial charge in [0.25, 0.3) is 5.91 Å². The first-order valence-electron chi connectivity index (χ1n) is 9.45. The Morgan fingerprint density at radius 2 is 2.00 bits per heavy atom. The summed E-state index contributed by atoms with van der Waals surface area (Å²) in [5.41, 5.74) is 3.76. The number of H-pyrrole nitrogens is 1. The van der Waals surface area contributed by atoms with Crippen LogP contribution in [0.2, 0.25) is 5.02 Å². The van der Waals surface area contributed by atoms with Gasteiger partial charge in [-0.15, -0.1) is 0 Å². The summed E-state index contributed by atoms with van der Waals surface area (Å²) in [6.45, 7) is 7.30. The SMILES string of the molecule is C=C(C)C1CCN(C(=O)c2cc3[nH]cc(-c4cccc(Cl)c4)c3cc2F)CC1. The molecule has 2 heterocycles. The van der Waals surface area contributed by atoms with Gasteiger partial charge in [0, 0.05) is 40.8 Å². The van der Waals surface area contributed by atoms with Crippen molar-refractivity contribution in [3.05, 3.63) is 71.2 Å². The minimum absolute atomic E-state index is 0.112. The number of fused-ring (bicyclic) bond motifs is 1. The molecule has 1 aliphatic rings. The predicted molar refractivity (Wildman–Crippen MR) is 112 cm³/mol. The normalized spacial score (nSPS) is 15.2. The van der Waals surface area contributed by atoms with Crippen molar-refractivity contribution in [3.63, 3.8) is 0 Å². The van der Waals surface area contributed by atoms with Crippen molar-refractivity contribution < 1.29 is 9.18 Å². The van der Waals surface area contributed by atoms with Crippen molar-refractivity contribution in [1.82, 2.24) is 9.88 Å². The standard InChI is InChI=1S/C23H22ClFN2O/c1-14(2)15-6-8-27(9-7-15)23(28)19-12-22-18(11-21(19)25)20(13-26-22)16-4-3-5-17(24)10-16/h3-5,10-13,15,26H,1,6-9H2,2H3. The average Bonchev–Trinajstić information content (AvgIpc) is 3.09. The molecule has 0 aliphatic carbocycles. The lowest BCUT2D eigenvalue weighted by Crippen LogP contribution is -2.39. The van der Waals surface area contributed by atoms with Gasteiger partial charge in [-0.3, -0.25) is 4.79 Å². The fourth-order valence-corrected chi connectivity index (χ4v) is 4.14. The molecule has 0 atom stereocenters. The highest BCUT2D eigenvalue weighted by atomic mass is 35.5. The van der Waals surface area contributed by atoms with Crippen LogP contribution in [-0.4, -0.2) is 28.9 Å². The van der Waals surface area contributed by atoms with Crippen LogP contribution in [0, 0.1) is 11.7 Å². The van der Waals surface area contributed by atoms with Crippen LogP contribution in [0.15, 0.2) is 54.7 Å². The first kappa shape index (κ1) is 18.8. The Morgan fingerprint density at radius 1 is 1.25 bits per heavy atom. The van der Waals surface area contributed by atoms with Gasteiger partial charge in [0.1, 0.15) is 5.82 Å². The molecule has 5 heteroatoms. The van der Waals surface area contributed by atoms with E-state index >= 15 is 0 Å². The van der Waals surface area contributed by atoms with Gasteiger partial charge in [0.05, 0.1) is 5.56 Å². The summed E-state index contributed by atoms with van der Waals surface area (Å²) < 4.78 is 14.9. The number of carbonyl (C=O) groups excluding carboxylic acids is 1. The zero-order valence-corrected chi connectivity index (χ0v) is 16.5. The van der Waals surface area contributed by atoms with Gasteiger partial charge in [0.2, 0.25) is 0 Å². The molecule has 1 fully saturated rings. The van der Waals surface area contributed by atoms with E-state index in [-0.39, 0.29) is 11.5 Å². The van der Waals surface area contributed by atoms with Crippen LogP contribution >= 0.6 is 11.6 Å². The maximum atomic E-state index is 14.9. The smallest absolute Gasteiger partial charge is 0.256 e. The first-order valence-corrected chi connectivity index (χ1v) is 9.83.